The van der Waals surface area contributed by atoms with Gasteiger partial charge in [0.25, 0.3) is 5.56 Å². The van der Waals surface area contributed by atoms with Crippen LogP contribution in [-0.2, 0) is 5.41 Å². The SMILES string of the molecule is O=c1c2ccccc2c2cccc3c2n1-c1ccccc1-c1cc(-c2ccccc2)ccc1N(c1cccc2c1-c1ccccc1C21c2ccccc2-c2ccccc21)c1ccccc1-3. The Hall–Kier alpha value is -8.53. The van der Waals surface area contributed by atoms with Crippen LogP contribution in [0.25, 0.3) is 83.0 Å². The third-order valence-corrected chi connectivity index (χ3v) is 14.4. The molecule has 0 saturated carbocycles. The molecule has 0 unspecified atom stereocenters. The number of anilines is 3. The van der Waals surface area contributed by atoms with Crippen LogP contribution in [0.3, 0.4) is 0 Å². The third kappa shape index (κ3) is 4.76. The third-order valence-electron chi connectivity index (χ3n) is 14.4. The molecule has 3 nitrogen and oxygen atoms in total. The summed E-state index contributed by atoms with van der Waals surface area (Å²) in [6.45, 7) is 0. The van der Waals surface area contributed by atoms with Gasteiger partial charge in [0.15, 0.2) is 0 Å². The van der Waals surface area contributed by atoms with Crippen LogP contribution in [0.1, 0.15) is 22.3 Å². The lowest BCUT2D eigenvalue weighted by molar-refractivity contribution is 0.794. The van der Waals surface area contributed by atoms with Gasteiger partial charge in [0.2, 0.25) is 0 Å². The van der Waals surface area contributed by atoms with Crippen LogP contribution in [0.4, 0.5) is 17.1 Å². The molecule has 65 heavy (non-hydrogen) atoms. The minimum Gasteiger partial charge on any atom is -0.309 e. The number of pyridine rings is 1. The molecule has 0 N–H and O–H groups in total. The summed E-state index contributed by atoms with van der Waals surface area (Å²) in [5.74, 6) is 0. The van der Waals surface area contributed by atoms with Crippen molar-refractivity contribution in [2.45, 2.75) is 5.41 Å². The van der Waals surface area contributed by atoms with Crippen molar-refractivity contribution < 1.29 is 0 Å². The smallest absolute Gasteiger partial charge is 0.263 e. The van der Waals surface area contributed by atoms with Crippen LogP contribution in [-0.4, -0.2) is 4.57 Å². The van der Waals surface area contributed by atoms with Crippen LogP contribution in [0.2, 0.25) is 0 Å². The second-order valence-electron chi connectivity index (χ2n) is 17.4. The maximum absolute atomic E-state index is 15.3. The second kappa shape index (κ2) is 13.5. The quantitative estimate of drug-likeness (QED) is 0.162. The normalized spacial score (nSPS) is 13.4. The molecule has 10 aromatic carbocycles. The maximum Gasteiger partial charge on any atom is 0.263 e. The molecule has 3 heteroatoms. The number of aromatic nitrogens is 1. The number of rotatable bonds is 2. The Morgan fingerprint density at radius 2 is 0.800 bits per heavy atom. The molecule has 3 aliphatic rings. The molecule has 0 atom stereocenters. The monoisotopic (exact) mass is 826 g/mol. The summed E-state index contributed by atoms with van der Waals surface area (Å²) in [6.07, 6.45) is 0. The van der Waals surface area contributed by atoms with Gasteiger partial charge in [0.05, 0.1) is 33.7 Å². The van der Waals surface area contributed by atoms with Gasteiger partial charge in [-0.3, -0.25) is 9.36 Å². The largest absolute Gasteiger partial charge is 0.309 e. The van der Waals surface area contributed by atoms with E-state index in [0.717, 1.165) is 72.4 Å². The first-order chi connectivity index (χ1) is 32.2. The predicted molar refractivity (Wildman–Crippen MR) is 268 cm³/mol. The average molecular weight is 827 g/mol. The van der Waals surface area contributed by atoms with Crippen molar-refractivity contribution in [2.75, 3.05) is 4.90 Å². The van der Waals surface area contributed by atoms with Crippen LogP contribution in [0, 0.1) is 0 Å². The molecule has 0 bridgehead atoms. The second-order valence-corrected chi connectivity index (χ2v) is 17.4. The van der Waals surface area contributed by atoms with E-state index < -0.39 is 5.41 Å². The highest BCUT2D eigenvalue weighted by Gasteiger charge is 2.52. The van der Waals surface area contributed by atoms with Gasteiger partial charge in [0, 0.05) is 38.6 Å². The van der Waals surface area contributed by atoms with Gasteiger partial charge in [-0.25, -0.2) is 0 Å². The molecular weight excluding hydrogens is 789 g/mol. The Morgan fingerprint density at radius 3 is 1.54 bits per heavy atom. The summed E-state index contributed by atoms with van der Waals surface area (Å²) >= 11 is 0. The lowest BCUT2D eigenvalue weighted by Gasteiger charge is -2.34. The zero-order valence-electron chi connectivity index (χ0n) is 35.2. The van der Waals surface area contributed by atoms with Crippen molar-refractivity contribution in [1.82, 2.24) is 4.57 Å². The highest BCUT2D eigenvalue weighted by atomic mass is 16.1. The van der Waals surface area contributed by atoms with Crippen molar-refractivity contribution in [3.63, 3.8) is 0 Å². The summed E-state index contributed by atoms with van der Waals surface area (Å²) in [5.41, 5.74) is 20.8. The summed E-state index contributed by atoms with van der Waals surface area (Å²) < 4.78 is 1.99. The first-order valence-electron chi connectivity index (χ1n) is 22.4. The number of hydrogen-bond acceptors (Lipinski definition) is 2. The summed E-state index contributed by atoms with van der Waals surface area (Å²) in [5, 5.41) is 2.67. The van der Waals surface area contributed by atoms with E-state index in [1.807, 2.05) is 22.8 Å². The highest BCUT2D eigenvalue weighted by Crippen LogP contribution is 2.65. The minimum atomic E-state index is -0.509. The predicted octanol–water partition coefficient (Wildman–Crippen LogP) is 15.3. The molecule has 0 fully saturated rings. The molecule has 0 amide bonds. The fraction of sp³-hybridized carbons (Fsp3) is 0.0161. The Morgan fingerprint density at radius 1 is 0.308 bits per heavy atom. The summed E-state index contributed by atoms with van der Waals surface area (Å²) in [6, 6.07) is 83.3. The Bertz CT molecular complexity index is 3830. The van der Waals surface area contributed by atoms with Gasteiger partial charge < -0.3 is 4.90 Å². The fourth-order valence-electron chi connectivity index (χ4n) is 11.8. The van der Waals surface area contributed by atoms with E-state index in [0.29, 0.717) is 5.39 Å². The lowest BCUT2D eigenvalue weighted by Crippen LogP contribution is -2.26. The maximum atomic E-state index is 15.3. The fourth-order valence-corrected chi connectivity index (χ4v) is 11.8. The van der Waals surface area contributed by atoms with Crippen molar-refractivity contribution in [1.29, 1.82) is 0 Å². The van der Waals surface area contributed by atoms with Gasteiger partial charge >= 0.3 is 0 Å². The van der Waals surface area contributed by atoms with E-state index >= 15 is 4.79 Å². The van der Waals surface area contributed by atoms with Crippen LogP contribution in [0.15, 0.2) is 235 Å². The Balaban J connectivity index is 1.17. The van der Waals surface area contributed by atoms with Gasteiger partial charge in [0.1, 0.15) is 0 Å². The number of fused-ring (bicyclic) bond motifs is 18. The molecule has 302 valence electrons. The standard InChI is InChI=1S/C62H38N2O/c65-61-48-25-5-4-20-41(48)46-27-16-28-47-44-23-9-14-33-55(44)63(57-37-36-40(39-18-2-1-3-19-39)38-50(57)45-24-10-15-34-56(45)64(61)60(46)47)58-35-17-32-54-59(58)49-26-8-13-31-53(49)62(54)51-29-11-6-21-42(51)43-22-7-12-30-52(43)62/h1-38H. The molecule has 1 spiro atoms. The molecule has 2 aliphatic carbocycles. The van der Waals surface area contributed by atoms with E-state index in [2.05, 4.69) is 217 Å². The molecule has 0 saturated heterocycles. The van der Waals surface area contributed by atoms with Crippen molar-refractivity contribution >= 4 is 38.7 Å². The van der Waals surface area contributed by atoms with Gasteiger partial charge in [-0.1, -0.05) is 194 Å². The van der Waals surface area contributed by atoms with Crippen molar-refractivity contribution in [3.8, 4) is 61.3 Å². The van der Waals surface area contributed by atoms with E-state index in [-0.39, 0.29) is 5.56 Å². The topological polar surface area (TPSA) is 25.2 Å². The Kier molecular flexibility index (Phi) is 7.47. The van der Waals surface area contributed by atoms with E-state index in [9.17, 15) is 0 Å². The number of para-hydroxylation sites is 3. The zero-order chi connectivity index (χ0) is 42.8. The lowest BCUT2D eigenvalue weighted by atomic mass is 9.70. The highest BCUT2D eigenvalue weighted by molar-refractivity contribution is 6.13. The Labute approximate surface area is 376 Å². The van der Waals surface area contributed by atoms with Gasteiger partial charge in [-0.05, 0) is 91.9 Å². The van der Waals surface area contributed by atoms with Crippen LogP contribution >= 0.6 is 0 Å². The molecule has 0 radical (unpaired) electrons. The van der Waals surface area contributed by atoms with Crippen molar-refractivity contribution in [2.24, 2.45) is 0 Å². The molecule has 14 rings (SSSR count). The molecule has 2 heterocycles. The molecular formula is C62H38N2O. The first-order valence-corrected chi connectivity index (χ1v) is 22.4. The molecule has 1 aliphatic heterocycles. The first kappa shape index (κ1) is 36.0. The van der Waals surface area contributed by atoms with Crippen molar-refractivity contribution in [3.05, 3.63) is 263 Å². The molecule has 11 aromatic rings. The number of hydrogen-bond donors (Lipinski definition) is 0. The minimum absolute atomic E-state index is 0.0383. The number of benzene rings is 10. The summed E-state index contributed by atoms with van der Waals surface area (Å²) in [7, 11) is 0. The van der Waals surface area contributed by atoms with Gasteiger partial charge in [-0.2, -0.15) is 0 Å². The molecule has 1 aromatic heterocycles. The van der Waals surface area contributed by atoms with E-state index in [4.69, 9.17) is 0 Å². The van der Waals surface area contributed by atoms with E-state index in [1.54, 1.807) is 0 Å². The van der Waals surface area contributed by atoms with Crippen LogP contribution < -0.4 is 10.5 Å². The average Bonchev–Trinajstić information content (AvgIpc) is 3.85. The zero-order valence-corrected chi connectivity index (χ0v) is 35.2. The van der Waals surface area contributed by atoms with Gasteiger partial charge in [-0.15, -0.1) is 0 Å². The van der Waals surface area contributed by atoms with E-state index in [1.165, 1.54) is 44.5 Å². The number of nitrogens with zero attached hydrogens (tertiary/aromatic N) is 2. The van der Waals surface area contributed by atoms with Crippen LogP contribution in [0.5, 0.6) is 0 Å². The summed E-state index contributed by atoms with van der Waals surface area (Å²) in [4.78, 5) is 17.8.